The normalized spacial score (nSPS) is 10.3. The van der Waals surface area contributed by atoms with Crippen LogP contribution in [0.4, 0.5) is 0 Å². The van der Waals surface area contributed by atoms with Gasteiger partial charge < -0.3 is 10.5 Å². The van der Waals surface area contributed by atoms with E-state index >= 15 is 0 Å². The van der Waals surface area contributed by atoms with Crippen LogP contribution in [-0.4, -0.2) is 9.97 Å². The van der Waals surface area contributed by atoms with Gasteiger partial charge >= 0.3 is 0 Å². The summed E-state index contributed by atoms with van der Waals surface area (Å²) in [5.41, 5.74) is 9.44. The van der Waals surface area contributed by atoms with Gasteiger partial charge in [0.05, 0.1) is 5.69 Å². The number of ether oxygens (including phenoxy) is 1. The molecule has 0 bridgehead atoms. The van der Waals surface area contributed by atoms with E-state index in [9.17, 15) is 0 Å². The number of benzene rings is 1. The number of nitrogens with zero attached hydrogens (tertiary/aromatic N) is 1. The van der Waals surface area contributed by atoms with Crippen LogP contribution in [0.5, 0.6) is 5.75 Å². The molecule has 0 aliphatic rings. The van der Waals surface area contributed by atoms with Gasteiger partial charge in [0.1, 0.15) is 17.3 Å². The predicted octanol–water partition coefficient (Wildman–Crippen LogP) is 3.67. The van der Waals surface area contributed by atoms with E-state index in [4.69, 9.17) is 22.7 Å². The number of aryl methyl sites for hydroxylation is 2. The van der Waals surface area contributed by atoms with Crippen molar-refractivity contribution >= 4 is 33.1 Å². The van der Waals surface area contributed by atoms with Crippen LogP contribution in [0.3, 0.4) is 0 Å². The highest BCUT2D eigenvalue weighted by atomic mass is 79.9. The van der Waals surface area contributed by atoms with E-state index in [-0.39, 0.29) is 0 Å². The fourth-order valence-electron chi connectivity index (χ4n) is 1.96. The highest BCUT2D eigenvalue weighted by Crippen LogP contribution is 2.25. The molecule has 0 radical (unpaired) electrons. The molecule has 3 nitrogen and oxygen atoms in total. The third-order valence-electron chi connectivity index (χ3n) is 2.90. The van der Waals surface area contributed by atoms with Gasteiger partial charge in [-0.15, -0.1) is 0 Å². The number of nitrogens with two attached hydrogens (primary N) is 1. The van der Waals surface area contributed by atoms with Gasteiger partial charge in [0, 0.05) is 16.2 Å². The van der Waals surface area contributed by atoms with E-state index in [2.05, 4.69) is 20.9 Å². The van der Waals surface area contributed by atoms with E-state index in [0.717, 1.165) is 32.6 Å². The van der Waals surface area contributed by atoms with Crippen LogP contribution in [0.1, 0.15) is 22.4 Å². The van der Waals surface area contributed by atoms with Gasteiger partial charge in [-0.25, -0.2) is 0 Å². The number of aromatic nitrogens is 1. The maximum atomic E-state index is 5.87. The van der Waals surface area contributed by atoms with E-state index in [0.29, 0.717) is 11.6 Å². The Kier molecular flexibility index (Phi) is 4.73. The highest BCUT2D eigenvalue weighted by Gasteiger charge is 2.08. The first-order chi connectivity index (χ1) is 9.47. The molecule has 0 fully saturated rings. The fourth-order valence-corrected chi connectivity index (χ4v) is 2.31. The zero-order chi connectivity index (χ0) is 14.7. The second-order valence-corrected chi connectivity index (χ2v) is 5.92. The van der Waals surface area contributed by atoms with Gasteiger partial charge in [-0.2, -0.15) is 0 Å². The monoisotopic (exact) mass is 350 g/mol. The summed E-state index contributed by atoms with van der Waals surface area (Å²) in [6.07, 6.45) is 1.76. The first-order valence-electron chi connectivity index (χ1n) is 6.11. The molecule has 1 heterocycles. The topological polar surface area (TPSA) is 48.1 Å². The predicted molar refractivity (Wildman–Crippen MR) is 88.1 cm³/mol. The molecular formula is C15H15BrN2OS. The van der Waals surface area contributed by atoms with Gasteiger partial charge in [0.15, 0.2) is 0 Å². The molecule has 1 aromatic carbocycles. The number of hydrogen-bond acceptors (Lipinski definition) is 3. The number of thiocarbonyl (C=S) groups is 1. The van der Waals surface area contributed by atoms with Crippen LogP contribution in [-0.2, 0) is 6.61 Å². The molecule has 2 aromatic rings. The Morgan fingerprint density at radius 3 is 2.45 bits per heavy atom. The van der Waals surface area contributed by atoms with E-state index < -0.39 is 0 Å². The quantitative estimate of drug-likeness (QED) is 0.854. The molecule has 0 atom stereocenters. The van der Waals surface area contributed by atoms with Crippen LogP contribution in [0.2, 0.25) is 0 Å². The standard InChI is InChI=1S/C15H15BrN2OS/c1-9-5-11(15(17)20)6-10(2)14(9)19-8-13-4-3-12(16)7-18-13/h3-7H,8H2,1-2H3,(H2,17,20). The van der Waals surface area contributed by atoms with Crippen molar-refractivity contribution in [1.29, 1.82) is 0 Å². The number of pyridine rings is 1. The van der Waals surface area contributed by atoms with Crippen molar-refractivity contribution in [2.24, 2.45) is 5.73 Å². The molecule has 0 aliphatic carbocycles. The Hall–Kier alpha value is -1.46. The average molecular weight is 351 g/mol. The summed E-state index contributed by atoms with van der Waals surface area (Å²) in [7, 11) is 0. The smallest absolute Gasteiger partial charge is 0.130 e. The SMILES string of the molecule is Cc1cc(C(N)=S)cc(C)c1OCc1ccc(Br)cn1. The van der Waals surface area contributed by atoms with E-state index in [1.54, 1.807) is 6.20 Å². The molecule has 0 saturated heterocycles. The maximum Gasteiger partial charge on any atom is 0.130 e. The zero-order valence-corrected chi connectivity index (χ0v) is 13.7. The number of rotatable bonds is 4. The third-order valence-corrected chi connectivity index (χ3v) is 3.60. The van der Waals surface area contributed by atoms with Crippen LogP contribution in [0.15, 0.2) is 34.9 Å². The molecule has 0 unspecified atom stereocenters. The minimum Gasteiger partial charge on any atom is -0.487 e. The summed E-state index contributed by atoms with van der Waals surface area (Å²) in [5, 5.41) is 0. The number of halogens is 1. The van der Waals surface area contributed by atoms with Crippen molar-refractivity contribution in [3.8, 4) is 5.75 Å². The van der Waals surface area contributed by atoms with Crippen LogP contribution >= 0.6 is 28.1 Å². The lowest BCUT2D eigenvalue weighted by Gasteiger charge is -2.13. The minimum absolute atomic E-state index is 0.400. The Morgan fingerprint density at radius 1 is 1.30 bits per heavy atom. The Balaban J connectivity index is 2.17. The summed E-state index contributed by atoms with van der Waals surface area (Å²) in [6.45, 7) is 4.40. The van der Waals surface area contributed by atoms with Crippen molar-refractivity contribution in [2.75, 3.05) is 0 Å². The first-order valence-corrected chi connectivity index (χ1v) is 7.32. The van der Waals surface area contributed by atoms with Crippen molar-refractivity contribution in [3.05, 3.63) is 57.3 Å². The van der Waals surface area contributed by atoms with Crippen molar-refractivity contribution < 1.29 is 4.74 Å². The molecule has 20 heavy (non-hydrogen) atoms. The van der Waals surface area contributed by atoms with Gasteiger partial charge in [-0.05, 0) is 65.2 Å². The summed E-state index contributed by atoms with van der Waals surface area (Å²) >= 11 is 8.36. The fraction of sp³-hybridized carbons (Fsp3) is 0.200. The first kappa shape index (κ1) is 14.9. The molecule has 0 amide bonds. The van der Waals surface area contributed by atoms with Gasteiger partial charge in [0.2, 0.25) is 0 Å². The zero-order valence-electron chi connectivity index (χ0n) is 11.3. The van der Waals surface area contributed by atoms with Crippen molar-refractivity contribution in [3.63, 3.8) is 0 Å². The molecule has 2 rings (SSSR count). The molecule has 1 aromatic heterocycles. The Labute approximate surface area is 132 Å². The molecule has 2 N–H and O–H groups in total. The minimum atomic E-state index is 0.400. The largest absolute Gasteiger partial charge is 0.487 e. The van der Waals surface area contributed by atoms with Crippen LogP contribution in [0.25, 0.3) is 0 Å². The third kappa shape index (κ3) is 3.55. The Morgan fingerprint density at radius 2 is 1.95 bits per heavy atom. The lowest BCUT2D eigenvalue weighted by molar-refractivity contribution is 0.297. The summed E-state index contributed by atoms with van der Waals surface area (Å²) < 4.78 is 6.82. The van der Waals surface area contributed by atoms with Crippen LogP contribution < -0.4 is 10.5 Å². The molecule has 0 saturated carbocycles. The lowest BCUT2D eigenvalue weighted by atomic mass is 10.1. The molecule has 104 valence electrons. The highest BCUT2D eigenvalue weighted by molar-refractivity contribution is 9.10. The van der Waals surface area contributed by atoms with Crippen molar-refractivity contribution in [1.82, 2.24) is 4.98 Å². The second-order valence-electron chi connectivity index (χ2n) is 4.56. The second kappa shape index (κ2) is 6.33. The van der Waals surface area contributed by atoms with Gasteiger partial charge in [-0.3, -0.25) is 4.98 Å². The molecule has 0 aliphatic heterocycles. The molecule has 0 spiro atoms. The number of hydrogen-bond donors (Lipinski definition) is 1. The Bertz CT molecular complexity index is 618. The van der Waals surface area contributed by atoms with E-state index in [1.165, 1.54) is 0 Å². The van der Waals surface area contributed by atoms with Crippen molar-refractivity contribution in [2.45, 2.75) is 20.5 Å². The lowest BCUT2D eigenvalue weighted by Crippen LogP contribution is -2.10. The summed E-state index contributed by atoms with van der Waals surface area (Å²) in [6, 6.07) is 7.76. The average Bonchev–Trinajstić information content (AvgIpc) is 2.39. The summed E-state index contributed by atoms with van der Waals surface area (Å²) in [5.74, 6) is 0.856. The molecular weight excluding hydrogens is 336 g/mol. The van der Waals surface area contributed by atoms with E-state index in [1.807, 2.05) is 38.1 Å². The van der Waals surface area contributed by atoms with Gasteiger partial charge in [0.25, 0.3) is 0 Å². The maximum absolute atomic E-state index is 5.87. The van der Waals surface area contributed by atoms with Crippen LogP contribution in [0, 0.1) is 13.8 Å². The molecule has 5 heteroatoms. The summed E-state index contributed by atoms with van der Waals surface area (Å²) in [4.78, 5) is 4.69. The van der Waals surface area contributed by atoms with Gasteiger partial charge in [-0.1, -0.05) is 12.2 Å².